The SMILES string of the molecule is Cc1ccc(N2C[C@H](CN)OC2=O)o1. The first-order chi connectivity index (χ1) is 6.70. The van der Waals surface area contributed by atoms with Crippen LogP contribution < -0.4 is 10.6 Å². The zero-order chi connectivity index (χ0) is 10.1. The summed E-state index contributed by atoms with van der Waals surface area (Å²) in [6, 6.07) is 3.55. The lowest BCUT2D eigenvalue weighted by Crippen LogP contribution is -2.27. The third-order valence-electron chi connectivity index (χ3n) is 2.13. The van der Waals surface area contributed by atoms with Crippen LogP contribution in [0.3, 0.4) is 0 Å². The molecule has 14 heavy (non-hydrogen) atoms. The highest BCUT2D eigenvalue weighted by molar-refractivity contribution is 5.88. The molecule has 2 N–H and O–H groups in total. The number of carbonyl (C=O) groups is 1. The molecule has 0 bridgehead atoms. The molecule has 0 aromatic carbocycles. The van der Waals surface area contributed by atoms with E-state index < -0.39 is 6.09 Å². The molecule has 76 valence electrons. The highest BCUT2D eigenvalue weighted by atomic mass is 16.6. The van der Waals surface area contributed by atoms with E-state index in [4.69, 9.17) is 14.9 Å². The Hall–Kier alpha value is -1.49. The van der Waals surface area contributed by atoms with Crippen LogP contribution in [0.4, 0.5) is 10.7 Å². The molecule has 2 rings (SSSR count). The minimum absolute atomic E-state index is 0.229. The van der Waals surface area contributed by atoms with E-state index in [1.807, 2.05) is 6.92 Å². The largest absolute Gasteiger partial charge is 0.445 e. The normalized spacial score (nSPS) is 21.4. The van der Waals surface area contributed by atoms with Gasteiger partial charge in [-0.2, -0.15) is 0 Å². The van der Waals surface area contributed by atoms with Gasteiger partial charge in [0, 0.05) is 12.6 Å². The van der Waals surface area contributed by atoms with Crippen LogP contribution in [0.1, 0.15) is 5.76 Å². The molecule has 5 heteroatoms. The number of rotatable bonds is 2. The molecule has 1 aromatic heterocycles. The van der Waals surface area contributed by atoms with E-state index >= 15 is 0 Å². The van der Waals surface area contributed by atoms with E-state index in [9.17, 15) is 4.79 Å². The van der Waals surface area contributed by atoms with Crippen LogP contribution in [0.25, 0.3) is 0 Å². The van der Waals surface area contributed by atoms with Crippen molar-refractivity contribution in [1.82, 2.24) is 0 Å². The fraction of sp³-hybridized carbons (Fsp3) is 0.444. The standard InChI is InChI=1S/C9H12N2O3/c1-6-2-3-8(13-6)11-5-7(4-10)14-9(11)12/h2-3,7H,4-5,10H2,1H3/t7-/m0/s1. The van der Waals surface area contributed by atoms with Gasteiger partial charge in [0.05, 0.1) is 6.54 Å². The van der Waals surface area contributed by atoms with Gasteiger partial charge in [-0.15, -0.1) is 0 Å². The molecule has 0 radical (unpaired) electrons. The molecule has 0 unspecified atom stereocenters. The third-order valence-corrected chi connectivity index (χ3v) is 2.13. The number of aryl methyl sites for hydroxylation is 1. The average molecular weight is 196 g/mol. The van der Waals surface area contributed by atoms with Crippen molar-refractivity contribution in [2.45, 2.75) is 13.0 Å². The number of nitrogens with two attached hydrogens (primary N) is 1. The first kappa shape index (κ1) is 9.08. The summed E-state index contributed by atoms with van der Waals surface area (Å²) in [7, 11) is 0. The van der Waals surface area contributed by atoms with Gasteiger partial charge >= 0.3 is 6.09 Å². The number of amides is 1. The van der Waals surface area contributed by atoms with Crippen molar-refractivity contribution in [3.8, 4) is 0 Å². The maximum absolute atomic E-state index is 11.3. The highest BCUT2D eigenvalue weighted by Crippen LogP contribution is 2.23. The molecule has 1 aliphatic rings. The lowest BCUT2D eigenvalue weighted by Gasteiger charge is -2.07. The van der Waals surface area contributed by atoms with Crippen molar-refractivity contribution in [1.29, 1.82) is 0 Å². The molecule has 0 aliphatic carbocycles. The van der Waals surface area contributed by atoms with Crippen molar-refractivity contribution in [2.75, 3.05) is 18.0 Å². The number of anilines is 1. The summed E-state index contributed by atoms with van der Waals surface area (Å²) < 4.78 is 10.3. The van der Waals surface area contributed by atoms with Crippen LogP contribution in [-0.2, 0) is 4.74 Å². The second kappa shape index (κ2) is 3.34. The molecule has 1 fully saturated rings. The Morgan fingerprint density at radius 2 is 2.43 bits per heavy atom. The lowest BCUT2D eigenvalue weighted by atomic mass is 10.3. The molecule has 1 aliphatic heterocycles. The average Bonchev–Trinajstić information content (AvgIpc) is 2.71. The van der Waals surface area contributed by atoms with Gasteiger partial charge in [0.2, 0.25) is 5.88 Å². The summed E-state index contributed by atoms with van der Waals surface area (Å²) in [6.07, 6.45) is -0.622. The second-order valence-electron chi connectivity index (χ2n) is 3.24. The molecule has 2 heterocycles. The maximum atomic E-state index is 11.3. The predicted molar refractivity (Wildman–Crippen MR) is 50.1 cm³/mol. The monoisotopic (exact) mass is 196 g/mol. The van der Waals surface area contributed by atoms with Crippen LogP contribution in [0.15, 0.2) is 16.5 Å². The molecule has 1 amide bonds. The van der Waals surface area contributed by atoms with Gasteiger partial charge in [0.1, 0.15) is 11.9 Å². The zero-order valence-corrected chi connectivity index (χ0v) is 7.90. The van der Waals surface area contributed by atoms with Gasteiger partial charge in [-0.05, 0) is 13.0 Å². The van der Waals surface area contributed by atoms with Crippen LogP contribution in [0, 0.1) is 6.92 Å². The maximum Gasteiger partial charge on any atom is 0.417 e. The Labute approximate surface area is 81.4 Å². The molecule has 0 saturated carbocycles. The van der Waals surface area contributed by atoms with Gasteiger partial charge in [-0.1, -0.05) is 0 Å². The Bertz CT molecular complexity index is 348. The number of furan rings is 1. The summed E-state index contributed by atoms with van der Waals surface area (Å²) in [4.78, 5) is 12.8. The van der Waals surface area contributed by atoms with Gasteiger partial charge in [-0.3, -0.25) is 0 Å². The minimum atomic E-state index is -0.394. The Morgan fingerprint density at radius 3 is 2.93 bits per heavy atom. The molecule has 1 aromatic rings. The quantitative estimate of drug-likeness (QED) is 0.762. The fourth-order valence-electron chi connectivity index (χ4n) is 1.39. The van der Waals surface area contributed by atoms with Gasteiger partial charge < -0.3 is 14.9 Å². The summed E-state index contributed by atoms with van der Waals surface area (Å²) >= 11 is 0. The molecule has 0 spiro atoms. The van der Waals surface area contributed by atoms with Crippen molar-refractivity contribution in [2.24, 2.45) is 5.73 Å². The first-order valence-corrected chi connectivity index (χ1v) is 4.45. The van der Waals surface area contributed by atoms with E-state index in [1.54, 1.807) is 12.1 Å². The summed E-state index contributed by atoms with van der Waals surface area (Å²) in [5.41, 5.74) is 5.41. The Kier molecular flexibility index (Phi) is 2.17. The van der Waals surface area contributed by atoms with E-state index in [1.165, 1.54) is 4.90 Å². The number of nitrogens with zero attached hydrogens (tertiary/aromatic N) is 1. The summed E-state index contributed by atoms with van der Waals surface area (Å²) in [5, 5.41) is 0. The van der Waals surface area contributed by atoms with Crippen LogP contribution in [0.2, 0.25) is 0 Å². The van der Waals surface area contributed by atoms with Gasteiger partial charge in [0.15, 0.2) is 0 Å². The van der Waals surface area contributed by atoms with Crippen molar-refractivity contribution < 1.29 is 13.9 Å². The second-order valence-corrected chi connectivity index (χ2v) is 3.24. The van der Waals surface area contributed by atoms with Crippen molar-refractivity contribution >= 4 is 12.0 Å². The smallest absolute Gasteiger partial charge is 0.417 e. The van der Waals surface area contributed by atoms with E-state index in [0.29, 0.717) is 19.0 Å². The van der Waals surface area contributed by atoms with E-state index in [-0.39, 0.29) is 6.10 Å². The van der Waals surface area contributed by atoms with Gasteiger partial charge in [-0.25, -0.2) is 9.69 Å². The molecule has 1 saturated heterocycles. The zero-order valence-electron chi connectivity index (χ0n) is 7.90. The summed E-state index contributed by atoms with van der Waals surface area (Å²) in [6.45, 7) is 2.62. The molecule has 5 nitrogen and oxygen atoms in total. The van der Waals surface area contributed by atoms with Crippen molar-refractivity contribution in [3.63, 3.8) is 0 Å². The van der Waals surface area contributed by atoms with Crippen LogP contribution in [0.5, 0.6) is 0 Å². The first-order valence-electron chi connectivity index (χ1n) is 4.45. The fourth-order valence-corrected chi connectivity index (χ4v) is 1.39. The van der Waals surface area contributed by atoms with Crippen LogP contribution in [-0.4, -0.2) is 25.3 Å². The molecular formula is C9H12N2O3. The summed E-state index contributed by atoms with van der Waals surface area (Å²) in [5.74, 6) is 1.28. The number of cyclic esters (lactones) is 1. The minimum Gasteiger partial charge on any atom is -0.445 e. The van der Waals surface area contributed by atoms with Crippen molar-refractivity contribution in [3.05, 3.63) is 17.9 Å². The molecule has 1 atom stereocenters. The topological polar surface area (TPSA) is 68.7 Å². The number of hydrogen-bond acceptors (Lipinski definition) is 4. The molecular weight excluding hydrogens is 184 g/mol. The lowest BCUT2D eigenvalue weighted by molar-refractivity contribution is 0.145. The number of carbonyl (C=O) groups excluding carboxylic acids is 1. The van der Waals surface area contributed by atoms with Crippen LogP contribution >= 0.6 is 0 Å². The Balaban J connectivity index is 2.16. The number of ether oxygens (including phenoxy) is 1. The van der Waals surface area contributed by atoms with E-state index in [2.05, 4.69) is 0 Å². The Morgan fingerprint density at radius 1 is 1.64 bits per heavy atom. The predicted octanol–water partition coefficient (Wildman–Crippen LogP) is 0.872. The van der Waals surface area contributed by atoms with Gasteiger partial charge in [0.25, 0.3) is 0 Å². The third kappa shape index (κ3) is 1.46. The highest BCUT2D eigenvalue weighted by Gasteiger charge is 2.32. The number of hydrogen-bond donors (Lipinski definition) is 1. The van der Waals surface area contributed by atoms with E-state index in [0.717, 1.165) is 5.76 Å².